The number of rotatable bonds is 6. The lowest BCUT2D eigenvalue weighted by atomic mass is 9.85. The largest absolute Gasteiger partial charge is 0.481 e. The molecule has 114 valence electrons. The minimum absolute atomic E-state index is 0.00991. The van der Waals surface area contributed by atoms with Crippen molar-refractivity contribution in [2.45, 2.75) is 26.7 Å². The van der Waals surface area contributed by atoms with Crippen molar-refractivity contribution >= 4 is 35.1 Å². The zero-order valence-electron chi connectivity index (χ0n) is 11.8. The topological polar surface area (TPSA) is 109 Å². The van der Waals surface area contributed by atoms with E-state index in [9.17, 15) is 14.4 Å². The van der Waals surface area contributed by atoms with Gasteiger partial charge in [-0.3, -0.25) is 14.4 Å². The number of amides is 2. The molecule has 0 aromatic heterocycles. The van der Waals surface area contributed by atoms with E-state index in [0.29, 0.717) is 0 Å². The molecule has 21 heavy (non-hydrogen) atoms. The molecule has 0 aliphatic carbocycles. The molecule has 0 atom stereocenters. The molecule has 0 heterocycles. The zero-order chi connectivity index (χ0) is 16.2. The molecule has 0 bridgehead atoms. The van der Waals surface area contributed by atoms with Crippen LogP contribution >= 0.6 is 11.6 Å². The molecule has 6 nitrogen and oxygen atoms in total. The van der Waals surface area contributed by atoms with E-state index in [0.717, 1.165) is 0 Å². The van der Waals surface area contributed by atoms with Gasteiger partial charge in [-0.2, -0.15) is 0 Å². The number of carbonyl (C=O) groups excluding carboxylic acids is 2. The fourth-order valence-electron chi connectivity index (χ4n) is 1.98. The molecular weight excluding hydrogens is 296 g/mol. The Bertz CT molecular complexity index is 584. The summed E-state index contributed by atoms with van der Waals surface area (Å²) in [4.78, 5) is 34.1. The van der Waals surface area contributed by atoms with Gasteiger partial charge in [0.1, 0.15) is 0 Å². The molecule has 0 unspecified atom stereocenters. The second-order valence-electron chi connectivity index (χ2n) is 5.49. The number of carboxylic acids is 1. The van der Waals surface area contributed by atoms with Crippen LogP contribution in [0.25, 0.3) is 0 Å². The molecule has 1 aromatic carbocycles. The molecule has 1 rings (SSSR count). The van der Waals surface area contributed by atoms with Gasteiger partial charge in [-0.05, 0) is 17.5 Å². The van der Waals surface area contributed by atoms with Crippen LogP contribution in [-0.4, -0.2) is 22.9 Å². The molecule has 2 amide bonds. The van der Waals surface area contributed by atoms with E-state index in [4.69, 9.17) is 22.4 Å². The van der Waals surface area contributed by atoms with Gasteiger partial charge in [-0.25, -0.2) is 0 Å². The average Bonchev–Trinajstić information content (AvgIpc) is 2.24. The molecule has 4 N–H and O–H groups in total. The van der Waals surface area contributed by atoms with Crippen molar-refractivity contribution in [3.63, 3.8) is 0 Å². The zero-order valence-corrected chi connectivity index (χ0v) is 12.5. The lowest BCUT2D eigenvalue weighted by Gasteiger charge is -2.21. The van der Waals surface area contributed by atoms with Crippen molar-refractivity contribution in [2.24, 2.45) is 11.1 Å². The highest BCUT2D eigenvalue weighted by atomic mass is 35.5. The Morgan fingerprint density at radius 1 is 1.29 bits per heavy atom. The Morgan fingerprint density at radius 3 is 2.43 bits per heavy atom. The van der Waals surface area contributed by atoms with Crippen LogP contribution in [0.1, 0.15) is 37.0 Å². The number of nitrogens with one attached hydrogen (secondary N) is 1. The molecule has 0 saturated carbocycles. The Labute approximate surface area is 127 Å². The fraction of sp³-hybridized carbons (Fsp3) is 0.357. The van der Waals surface area contributed by atoms with Crippen molar-refractivity contribution < 1.29 is 19.5 Å². The number of halogens is 1. The van der Waals surface area contributed by atoms with Gasteiger partial charge in [0.15, 0.2) is 0 Å². The third-order valence-corrected chi connectivity index (χ3v) is 3.12. The van der Waals surface area contributed by atoms with E-state index in [1.807, 2.05) is 0 Å². The van der Waals surface area contributed by atoms with Gasteiger partial charge in [-0.1, -0.05) is 31.5 Å². The highest BCUT2D eigenvalue weighted by Gasteiger charge is 2.26. The van der Waals surface area contributed by atoms with Crippen LogP contribution < -0.4 is 11.1 Å². The number of anilines is 1. The molecular formula is C14H17ClN2O4. The lowest BCUT2D eigenvalue weighted by Crippen LogP contribution is -2.26. The van der Waals surface area contributed by atoms with E-state index in [-0.39, 0.29) is 29.1 Å². The number of benzene rings is 1. The molecule has 0 aliphatic rings. The maximum Gasteiger partial charge on any atom is 0.303 e. The second kappa shape index (κ2) is 6.58. The van der Waals surface area contributed by atoms with Crippen molar-refractivity contribution in [3.8, 4) is 0 Å². The van der Waals surface area contributed by atoms with Crippen LogP contribution in [0.5, 0.6) is 0 Å². The van der Waals surface area contributed by atoms with Gasteiger partial charge in [0, 0.05) is 6.42 Å². The van der Waals surface area contributed by atoms with Gasteiger partial charge in [0.25, 0.3) is 5.91 Å². The number of hydrogen-bond donors (Lipinski definition) is 3. The Hall–Kier alpha value is -2.08. The van der Waals surface area contributed by atoms with Crippen LogP contribution in [-0.2, 0) is 9.59 Å². The second-order valence-corrected chi connectivity index (χ2v) is 5.89. The SMILES string of the molecule is CC(C)(CC(=O)O)CC(=O)Nc1cccc(Cl)c1C(N)=O. The molecule has 0 aliphatic heterocycles. The number of nitrogens with two attached hydrogens (primary N) is 1. The van der Waals surface area contributed by atoms with Crippen molar-refractivity contribution in [1.29, 1.82) is 0 Å². The predicted molar refractivity (Wildman–Crippen MR) is 79.3 cm³/mol. The minimum atomic E-state index is -0.978. The number of aliphatic carboxylic acids is 1. The molecule has 0 radical (unpaired) electrons. The average molecular weight is 313 g/mol. The summed E-state index contributed by atoms with van der Waals surface area (Å²) in [5.41, 5.74) is 4.77. The van der Waals surface area contributed by atoms with Crippen molar-refractivity contribution in [2.75, 3.05) is 5.32 Å². The smallest absolute Gasteiger partial charge is 0.303 e. The van der Waals surface area contributed by atoms with E-state index < -0.39 is 23.2 Å². The normalized spacial score (nSPS) is 11.0. The minimum Gasteiger partial charge on any atom is -0.481 e. The monoisotopic (exact) mass is 312 g/mol. The molecule has 0 fully saturated rings. The van der Waals surface area contributed by atoms with Crippen molar-refractivity contribution in [3.05, 3.63) is 28.8 Å². The lowest BCUT2D eigenvalue weighted by molar-refractivity contribution is -0.139. The van der Waals surface area contributed by atoms with Gasteiger partial charge < -0.3 is 16.2 Å². The van der Waals surface area contributed by atoms with Crippen LogP contribution in [0.4, 0.5) is 5.69 Å². The van der Waals surface area contributed by atoms with Crippen molar-refractivity contribution in [1.82, 2.24) is 0 Å². The third-order valence-electron chi connectivity index (χ3n) is 2.80. The first-order valence-electron chi connectivity index (χ1n) is 6.22. The molecule has 1 aromatic rings. The van der Waals surface area contributed by atoms with Gasteiger partial charge in [0.05, 0.1) is 22.7 Å². The van der Waals surface area contributed by atoms with Crippen LogP contribution in [0.15, 0.2) is 18.2 Å². The summed E-state index contributed by atoms with van der Waals surface area (Å²) in [6.45, 7) is 3.35. The summed E-state index contributed by atoms with van der Waals surface area (Å²) in [5.74, 6) is -2.14. The Balaban J connectivity index is 2.87. The van der Waals surface area contributed by atoms with E-state index in [1.165, 1.54) is 12.1 Å². The van der Waals surface area contributed by atoms with E-state index >= 15 is 0 Å². The summed E-state index contributed by atoms with van der Waals surface area (Å²) in [7, 11) is 0. The summed E-state index contributed by atoms with van der Waals surface area (Å²) >= 11 is 5.88. The number of carbonyl (C=O) groups is 3. The van der Waals surface area contributed by atoms with Gasteiger partial charge in [-0.15, -0.1) is 0 Å². The highest BCUT2D eigenvalue weighted by molar-refractivity contribution is 6.34. The van der Waals surface area contributed by atoms with Crippen LogP contribution in [0.3, 0.4) is 0 Å². The third kappa shape index (κ3) is 5.07. The van der Waals surface area contributed by atoms with E-state index in [2.05, 4.69) is 5.32 Å². The highest BCUT2D eigenvalue weighted by Crippen LogP contribution is 2.28. The first-order valence-corrected chi connectivity index (χ1v) is 6.60. The maximum atomic E-state index is 12.0. The number of primary amides is 1. The van der Waals surface area contributed by atoms with Crippen LogP contribution in [0, 0.1) is 5.41 Å². The quantitative estimate of drug-likeness (QED) is 0.748. The van der Waals surface area contributed by atoms with Crippen LogP contribution in [0.2, 0.25) is 5.02 Å². The predicted octanol–water partition coefficient (Wildman–Crippen LogP) is 2.27. The van der Waals surface area contributed by atoms with Gasteiger partial charge in [0.2, 0.25) is 5.91 Å². The summed E-state index contributed by atoms with van der Waals surface area (Å²) < 4.78 is 0. The molecule has 0 saturated heterocycles. The molecule has 7 heteroatoms. The van der Waals surface area contributed by atoms with E-state index in [1.54, 1.807) is 19.9 Å². The fourth-order valence-corrected chi connectivity index (χ4v) is 2.25. The summed E-state index contributed by atoms with van der Waals surface area (Å²) in [6.07, 6.45) is -0.150. The first-order chi connectivity index (χ1) is 9.62. The molecule has 0 spiro atoms. The van der Waals surface area contributed by atoms with Gasteiger partial charge >= 0.3 is 5.97 Å². The standard InChI is InChI=1S/C14H17ClN2O4/c1-14(2,7-11(19)20)6-10(18)17-9-5-3-4-8(15)12(9)13(16)21/h3-5H,6-7H2,1-2H3,(H2,16,21)(H,17,18)(H,19,20). The Morgan fingerprint density at radius 2 is 1.90 bits per heavy atom. The maximum absolute atomic E-state index is 12.0. The number of hydrogen-bond acceptors (Lipinski definition) is 3. The summed E-state index contributed by atoms with van der Waals surface area (Å²) in [6, 6.07) is 4.58. The summed E-state index contributed by atoms with van der Waals surface area (Å²) in [5, 5.41) is 11.5. The number of carboxylic acid groups (broad SMARTS) is 1. The first kappa shape index (κ1) is 17.0. The Kier molecular flexibility index (Phi) is 5.32.